The molecule has 20 heavy (non-hydrogen) atoms. The molecule has 0 amide bonds. The molecule has 114 valence electrons. The monoisotopic (exact) mass is 348 g/mol. The number of carbonyl (C=O) groups is 2. The maximum Gasteiger partial charge on any atom is 0.509 e. The minimum absolute atomic E-state index is 0.0626. The first-order chi connectivity index (χ1) is 9.13. The van der Waals surface area contributed by atoms with Crippen molar-refractivity contribution in [2.45, 2.75) is 40.5 Å². The number of fused-ring (bicyclic) bond motifs is 2. The fraction of sp³-hybridized carbons (Fsp3) is 0.800. The maximum atomic E-state index is 11.8. The minimum Gasteiger partial charge on any atom is -0.456 e. The van der Waals surface area contributed by atoms with E-state index in [0.717, 1.165) is 0 Å². The number of halogens is 3. The Morgan fingerprint density at radius 3 is 2.65 bits per heavy atom. The van der Waals surface area contributed by atoms with Crippen LogP contribution in [0.4, 0.5) is 4.79 Å². The van der Waals surface area contributed by atoms with E-state index in [2.05, 4.69) is 4.74 Å². The molecule has 0 aromatic rings. The summed E-state index contributed by atoms with van der Waals surface area (Å²) in [4.78, 5) is 23.3. The first-order valence-corrected chi connectivity index (χ1v) is 6.76. The lowest BCUT2D eigenvalue weighted by molar-refractivity contribution is -0.156. The average Bonchev–Trinajstić information content (AvgIpc) is 2.58. The van der Waals surface area contributed by atoms with E-state index in [1.807, 2.05) is 0 Å². The van der Waals surface area contributed by atoms with E-state index in [9.17, 15) is 19.8 Å². The molecule has 2 N–H and O–H groups in total. The predicted molar refractivity (Wildman–Crippen MR) is 66.6 cm³/mol. The number of aliphatic hydroxyl groups is 2. The van der Waals surface area contributed by atoms with Gasteiger partial charge in [-0.25, -0.2) is 9.59 Å². The van der Waals surface area contributed by atoms with Crippen LogP contribution >= 0.6 is 34.8 Å². The van der Waals surface area contributed by atoms with Crippen LogP contribution in [0.25, 0.3) is 0 Å². The molecular formula is C10H11Cl3O7. The zero-order chi connectivity index (χ0) is 15.1. The van der Waals surface area contributed by atoms with Crippen molar-refractivity contribution >= 4 is 46.9 Å². The molecule has 1 saturated carbocycles. The Kier molecular flexibility index (Phi) is 4.28. The second-order valence-electron chi connectivity index (χ2n) is 4.66. The van der Waals surface area contributed by atoms with Crippen LogP contribution in [0.5, 0.6) is 0 Å². The van der Waals surface area contributed by atoms with E-state index in [4.69, 9.17) is 44.3 Å². The van der Waals surface area contributed by atoms with E-state index in [1.165, 1.54) is 0 Å². The van der Waals surface area contributed by atoms with Gasteiger partial charge in [-0.05, 0) is 0 Å². The van der Waals surface area contributed by atoms with Gasteiger partial charge in [0.15, 0.2) is 0 Å². The SMILES string of the molecule is O=C(OCC(Cl)(Cl)Cl)O[C@@]12C[C@@H](O)[C@@H](O)[C@@H](C1)OC2=O. The lowest BCUT2D eigenvalue weighted by Gasteiger charge is -2.33. The molecule has 2 bridgehead atoms. The number of hydrogen-bond donors (Lipinski definition) is 2. The highest BCUT2D eigenvalue weighted by Gasteiger charge is 2.61. The second-order valence-corrected chi connectivity index (χ2v) is 7.18. The third-order valence-electron chi connectivity index (χ3n) is 3.11. The van der Waals surface area contributed by atoms with Gasteiger partial charge in [-0.1, -0.05) is 34.8 Å². The van der Waals surface area contributed by atoms with Gasteiger partial charge in [0.25, 0.3) is 0 Å². The molecule has 4 atom stereocenters. The highest BCUT2D eigenvalue weighted by atomic mass is 35.6. The quantitative estimate of drug-likeness (QED) is 0.558. The Hall–Kier alpha value is -0.470. The molecule has 7 nitrogen and oxygen atoms in total. The zero-order valence-corrected chi connectivity index (χ0v) is 12.2. The van der Waals surface area contributed by atoms with E-state index >= 15 is 0 Å². The van der Waals surface area contributed by atoms with Crippen LogP contribution in [0.3, 0.4) is 0 Å². The van der Waals surface area contributed by atoms with E-state index in [0.29, 0.717) is 0 Å². The lowest BCUT2D eigenvalue weighted by atomic mass is 9.82. The summed E-state index contributed by atoms with van der Waals surface area (Å²) in [7, 11) is 0. The number of aliphatic hydroxyl groups excluding tert-OH is 2. The van der Waals surface area contributed by atoms with Crippen LogP contribution in [0.1, 0.15) is 12.8 Å². The second kappa shape index (κ2) is 5.38. The van der Waals surface area contributed by atoms with Gasteiger partial charge < -0.3 is 24.4 Å². The molecule has 1 saturated heterocycles. The molecule has 2 fully saturated rings. The Morgan fingerprint density at radius 2 is 2.05 bits per heavy atom. The summed E-state index contributed by atoms with van der Waals surface area (Å²) in [6.07, 6.45) is -4.96. The molecule has 0 unspecified atom stereocenters. The first kappa shape index (κ1) is 15.9. The summed E-state index contributed by atoms with van der Waals surface area (Å²) in [5, 5.41) is 19.2. The van der Waals surface area contributed by atoms with Gasteiger partial charge in [0, 0.05) is 12.8 Å². The van der Waals surface area contributed by atoms with Crippen LogP contribution in [-0.2, 0) is 19.0 Å². The van der Waals surface area contributed by atoms with Gasteiger partial charge in [-0.15, -0.1) is 0 Å². The van der Waals surface area contributed by atoms with E-state index < -0.39 is 46.4 Å². The molecule has 1 aliphatic heterocycles. The van der Waals surface area contributed by atoms with Gasteiger partial charge >= 0.3 is 12.1 Å². The molecule has 1 aliphatic carbocycles. The molecule has 0 aromatic heterocycles. The minimum atomic E-state index is -1.81. The smallest absolute Gasteiger partial charge is 0.456 e. The van der Waals surface area contributed by atoms with Crippen LogP contribution < -0.4 is 0 Å². The van der Waals surface area contributed by atoms with Crippen molar-refractivity contribution in [2.75, 3.05) is 6.61 Å². The average molecular weight is 350 g/mol. The van der Waals surface area contributed by atoms with Crippen LogP contribution in [0.2, 0.25) is 0 Å². The molecule has 0 spiro atoms. The Balaban J connectivity index is 2.01. The van der Waals surface area contributed by atoms with Crippen molar-refractivity contribution in [3.8, 4) is 0 Å². The largest absolute Gasteiger partial charge is 0.509 e. The molecule has 1 heterocycles. The molecule has 0 radical (unpaired) electrons. The fourth-order valence-corrected chi connectivity index (χ4v) is 2.38. The number of hydrogen-bond acceptors (Lipinski definition) is 7. The van der Waals surface area contributed by atoms with Gasteiger partial charge in [-0.2, -0.15) is 0 Å². The van der Waals surface area contributed by atoms with Crippen LogP contribution in [-0.4, -0.2) is 56.7 Å². The van der Waals surface area contributed by atoms with Crippen LogP contribution in [0.15, 0.2) is 0 Å². The number of esters is 1. The molecule has 2 rings (SSSR count). The van der Waals surface area contributed by atoms with Crippen molar-refractivity contribution in [1.29, 1.82) is 0 Å². The van der Waals surface area contributed by atoms with Gasteiger partial charge in [0.05, 0.1) is 6.10 Å². The van der Waals surface area contributed by atoms with Gasteiger partial charge in [0.1, 0.15) is 18.8 Å². The topological polar surface area (TPSA) is 102 Å². The Morgan fingerprint density at radius 1 is 1.40 bits per heavy atom. The summed E-state index contributed by atoms with van der Waals surface area (Å²) in [6, 6.07) is 0. The predicted octanol–water partition coefficient (Wildman–Crippen LogP) is 0.690. The van der Waals surface area contributed by atoms with Crippen LogP contribution in [0, 0.1) is 0 Å². The van der Waals surface area contributed by atoms with Crippen molar-refractivity contribution in [3.05, 3.63) is 0 Å². The van der Waals surface area contributed by atoms with Crippen molar-refractivity contribution < 1.29 is 34.0 Å². The summed E-state index contributed by atoms with van der Waals surface area (Å²) in [5.41, 5.74) is -1.67. The number of ether oxygens (including phenoxy) is 3. The molecule has 10 heteroatoms. The molecular weight excluding hydrogens is 338 g/mol. The number of carbonyl (C=O) groups excluding carboxylic acids is 2. The Labute approximate surface area is 128 Å². The summed E-state index contributed by atoms with van der Waals surface area (Å²) >= 11 is 16.2. The Bertz CT molecular complexity index is 424. The summed E-state index contributed by atoms with van der Waals surface area (Å²) in [6.45, 7) is -0.559. The van der Waals surface area contributed by atoms with E-state index in [-0.39, 0.29) is 12.8 Å². The van der Waals surface area contributed by atoms with Crippen molar-refractivity contribution in [3.63, 3.8) is 0 Å². The van der Waals surface area contributed by atoms with Crippen molar-refractivity contribution in [1.82, 2.24) is 0 Å². The third kappa shape index (κ3) is 3.23. The third-order valence-corrected chi connectivity index (χ3v) is 3.44. The summed E-state index contributed by atoms with van der Waals surface area (Å²) < 4.78 is 12.5. The van der Waals surface area contributed by atoms with E-state index in [1.54, 1.807) is 0 Å². The number of alkyl halides is 3. The first-order valence-electron chi connectivity index (χ1n) is 5.63. The van der Waals surface area contributed by atoms with Gasteiger partial charge in [0.2, 0.25) is 9.39 Å². The summed E-state index contributed by atoms with van der Waals surface area (Å²) in [5.74, 6) is -0.844. The highest BCUT2D eigenvalue weighted by Crippen LogP contribution is 2.41. The normalized spacial score (nSPS) is 36.5. The zero-order valence-electron chi connectivity index (χ0n) is 9.92. The fourth-order valence-electron chi connectivity index (χ4n) is 2.21. The molecule has 0 aromatic carbocycles. The standard InChI is InChI=1S/C10H11Cl3O7/c11-10(12,13)3-18-8(17)20-9-1-4(14)6(15)5(2-9)19-7(9)16/h4-6,14-15H,1-3H2/t4-,5-,6-,9+/m1/s1. The number of rotatable bonds is 2. The van der Waals surface area contributed by atoms with Crippen molar-refractivity contribution in [2.24, 2.45) is 0 Å². The lowest BCUT2D eigenvalue weighted by Crippen LogP contribution is -2.51. The molecule has 2 aliphatic rings. The highest BCUT2D eigenvalue weighted by molar-refractivity contribution is 6.67. The maximum absolute atomic E-state index is 11.8. The van der Waals surface area contributed by atoms with Gasteiger partial charge in [-0.3, -0.25) is 0 Å².